The number of rotatable bonds is 3. The van der Waals surface area contributed by atoms with Crippen LogP contribution in [0.2, 0.25) is 0 Å². The van der Waals surface area contributed by atoms with Crippen molar-refractivity contribution in [2.45, 2.75) is 19.0 Å². The Balaban J connectivity index is 1.75. The molecule has 1 saturated heterocycles. The number of hydrogen-bond acceptors (Lipinski definition) is 6. The lowest BCUT2D eigenvalue weighted by Gasteiger charge is -2.11. The van der Waals surface area contributed by atoms with Crippen LogP contribution in [0.3, 0.4) is 0 Å². The van der Waals surface area contributed by atoms with Crippen molar-refractivity contribution in [2.75, 3.05) is 11.5 Å². The molecule has 0 saturated carbocycles. The smallest absolute Gasteiger partial charge is 0.278 e. The van der Waals surface area contributed by atoms with E-state index in [1.807, 2.05) is 0 Å². The van der Waals surface area contributed by atoms with Crippen molar-refractivity contribution in [3.63, 3.8) is 0 Å². The largest absolute Gasteiger partial charge is 0.351 e. The first-order valence-electron chi connectivity index (χ1n) is 6.77. The Morgan fingerprint density at radius 3 is 2.86 bits per heavy atom. The summed E-state index contributed by atoms with van der Waals surface area (Å²) in [6, 6.07) is 6.33. The maximum Gasteiger partial charge on any atom is 0.278 e. The van der Waals surface area contributed by atoms with E-state index < -0.39 is 27.3 Å². The molecule has 0 aliphatic carbocycles. The van der Waals surface area contributed by atoms with Crippen LogP contribution in [0.5, 0.6) is 0 Å². The molecule has 116 valence electrons. The fourth-order valence-electron chi connectivity index (χ4n) is 2.45. The van der Waals surface area contributed by atoms with Crippen LogP contribution < -0.4 is 10.9 Å². The Morgan fingerprint density at radius 2 is 2.14 bits per heavy atom. The highest BCUT2D eigenvalue weighted by Gasteiger charge is 2.29. The van der Waals surface area contributed by atoms with Gasteiger partial charge in [-0.15, -0.1) is 5.10 Å². The summed E-state index contributed by atoms with van der Waals surface area (Å²) in [7, 11) is -3.06. The van der Waals surface area contributed by atoms with Crippen LogP contribution in [-0.4, -0.2) is 46.9 Å². The lowest BCUT2D eigenvalue weighted by atomic mass is 10.2. The third-order valence-corrected chi connectivity index (χ3v) is 5.29. The molecular weight excluding hydrogens is 308 g/mol. The van der Waals surface area contributed by atoms with Gasteiger partial charge in [0.1, 0.15) is 12.1 Å². The summed E-state index contributed by atoms with van der Waals surface area (Å²) in [5, 5.41) is 10.6. The van der Waals surface area contributed by atoms with E-state index in [0.29, 0.717) is 17.3 Å². The molecule has 1 N–H and O–H groups in total. The Hall–Kier alpha value is -2.29. The number of carbonyl (C=O) groups excluding carboxylic acids is 1. The average Bonchev–Trinajstić information content (AvgIpc) is 2.81. The number of fused-ring (bicyclic) bond motifs is 1. The second-order valence-corrected chi connectivity index (χ2v) is 7.47. The third kappa shape index (κ3) is 2.98. The van der Waals surface area contributed by atoms with Crippen molar-refractivity contribution in [1.29, 1.82) is 0 Å². The van der Waals surface area contributed by atoms with Crippen molar-refractivity contribution in [3.05, 3.63) is 34.6 Å². The average molecular weight is 322 g/mol. The minimum absolute atomic E-state index is 0.0585. The monoisotopic (exact) mass is 322 g/mol. The summed E-state index contributed by atoms with van der Waals surface area (Å²) in [6.07, 6.45) is 0.395. The molecular formula is C13H14N4O4S. The summed E-state index contributed by atoms with van der Waals surface area (Å²) in [5.74, 6) is -0.432. The Kier molecular flexibility index (Phi) is 3.65. The molecule has 1 aromatic carbocycles. The summed E-state index contributed by atoms with van der Waals surface area (Å²) in [6.45, 7) is -0.285. The van der Waals surface area contributed by atoms with Crippen LogP contribution in [-0.2, 0) is 21.2 Å². The summed E-state index contributed by atoms with van der Waals surface area (Å²) in [4.78, 5) is 24.1. The van der Waals surface area contributed by atoms with Gasteiger partial charge in [0.25, 0.3) is 5.56 Å². The van der Waals surface area contributed by atoms with E-state index in [1.54, 1.807) is 24.3 Å². The van der Waals surface area contributed by atoms with E-state index in [9.17, 15) is 18.0 Å². The molecule has 9 heteroatoms. The quantitative estimate of drug-likeness (QED) is 0.783. The van der Waals surface area contributed by atoms with E-state index >= 15 is 0 Å². The van der Waals surface area contributed by atoms with E-state index in [4.69, 9.17) is 0 Å². The maximum atomic E-state index is 12.2. The van der Waals surface area contributed by atoms with Crippen LogP contribution in [0, 0.1) is 0 Å². The molecule has 1 unspecified atom stereocenters. The molecule has 1 fully saturated rings. The molecule has 0 spiro atoms. The van der Waals surface area contributed by atoms with E-state index in [-0.39, 0.29) is 18.1 Å². The molecule has 1 amide bonds. The molecule has 1 aliphatic rings. The van der Waals surface area contributed by atoms with Gasteiger partial charge in [-0.2, -0.15) is 0 Å². The molecule has 8 nitrogen and oxygen atoms in total. The van der Waals surface area contributed by atoms with Gasteiger partial charge in [-0.1, -0.05) is 17.3 Å². The number of sulfone groups is 1. The minimum atomic E-state index is -3.06. The minimum Gasteiger partial charge on any atom is -0.351 e. The van der Waals surface area contributed by atoms with Gasteiger partial charge in [0.15, 0.2) is 9.84 Å². The molecule has 1 aromatic heterocycles. The van der Waals surface area contributed by atoms with E-state index in [2.05, 4.69) is 15.6 Å². The highest BCUT2D eigenvalue weighted by atomic mass is 32.2. The molecule has 0 radical (unpaired) electrons. The standard InChI is InChI=1S/C13H14N4O4S/c18-12(14-9-5-6-22(20,21)8-9)7-17-13(19)10-3-1-2-4-11(10)15-16-17/h1-4,9H,5-8H2,(H,14,18). The highest BCUT2D eigenvalue weighted by molar-refractivity contribution is 7.91. The molecule has 0 bridgehead atoms. The number of nitrogens with zero attached hydrogens (tertiary/aromatic N) is 3. The van der Waals surface area contributed by atoms with Gasteiger partial charge in [0.2, 0.25) is 5.91 Å². The summed E-state index contributed by atoms with van der Waals surface area (Å²) in [5.41, 5.74) is 0.0610. The van der Waals surface area contributed by atoms with Gasteiger partial charge < -0.3 is 5.32 Å². The zero-order valence-corrected chi connectivity index (χ0v) is 12.4. The van der Waals surface area contributed by atoms with Gasteiger partial charge in [-0.25, -0.2) is 13.1 Å². The fraction of sp³-hybridized carbons (Fsp3) is 0.385. The summed E-state index contributed by atoms with van der Waals surface area (Å²) >= 11 is 0. The van der Waals surface area contributed by atoms with Crippen LogP contribution in [0.25, 0.3) is 10.9 Å². The van der Waals surface area contributed by atoms with Crippen molar-refractivity contribution < 1.29 is 13.2 Å². The molecule has 2 aromatic rings. The first kappa shape index (κ1) is 14.6. The Morgan fingerprint density at radius 1 is 1.36 bits per heavy atom. The Labute approximate surface area is 126 Å². The number of nitrogens with one attached hydrogen (secondary N) is 1. The number of amides is 1. The normalized spacial score (nSPS) is 20.1. The number of carbonyl (C=O) groups is 1. The van der Waals surface area contributed by atoms with Gasteiger partial charge in [0, 0.05) is 6.04 Å². The topological polar surface area (TPSA) is 111 Å². The number of aromatic nitrogens is 3. The molecule has 3 rings (SSSR count). The van der Waals surface area contributed by atoms with Crippen molar-refractivity contribution in [1.82, 2.24) is 20.3 Å². The van der Waals surface area contributed by atoms with Crippen molar-refractivity contribution in [3.8, 4) is 0 Å². The number of benzene rings is 1. The molecule has 1 aliphatic heterocycles. The SMILES string of the molecule is O=C(Cn1nnc2ccccc2c1=O)NC1CCS(=O)(=O)C1. The second-order valence-electron chi connectivity index (χ2n) is 5.24. The first-order chi connectivity index (χ1) is 10.4. The highest BCUT2D eigenvalue weighted by Crippen LogP contribution is 2.11. The zero-order valence-electron chi connectivity index (χ0n) is 11.6. The van der Waals surface area contributed by atoms with Gasteiger partial charge in [0.05, 0.1) is 16.9 Å². The second kappa shape index (κ2) is 5.48. The van der Waals surface area contributed by atoms with Crippen molar-refractivity contribution in [2.24, 2.45) is 0 Å². The molecule has 1 atom stereocenters. The van der Waals surface area contributed by atoms with Gasteiger partial charge in [-0.3, -0.25) is 9.59 Å². The first-order valence-corrected chi connectivity index (χ1v) is 8.59. The van der Waals surface area contributed by atoms with Crippen LogP contribution >= 0.6 is 0 Å². The predicted molar refractivity (Wildman–Crippen MR) is 79.0 cm³/mol. The van der Waals surface area contributed by atoms with Crippen LogP contribution in [0.15, 0.2) is 29.1 Å². The lowest BCUT2D eigenvalue weighted by molar-refractivity contribution is -0.122. The lowest BCUT2D eigenvalue weighted by Crippen LogP contribution is -2.40. The van der Waals surface area contributed by atoms with Crippen molar-refractivity contribution >= 4 is 26.6 Å². The van der Waals surface area contributed by atoms with Gasteiger partial charge >= 0.3 is 0 Å². The maximum absolute atomic E-state index is 12.2. The van der Waals surface area contributed by atoms with Crippen LogP contribution in [0.4, 0.5) is 0 Å². The third-order valence-electron chi connectivity index (χ3n) is 3.52. The summed E-state index contributed by atoms with van der Waals surface area (Å²) < 4.78 is 23.7. The van der Waals surface area contributed by atoms with Crippen LogP contribution in [0.1, 0.15) is 6.42 Å². The van der Waals surface area contributed by atoms with Gasteiger partial charge in [-0.05, 0) is 18.6 Å². The number of hydrogen-bond donors (Lipinski definition) is 1. The predicted octanol–water partition coefficient (Wildman–Crippen LogP) is -0.905. The Bertz CT molecular complexity index is 890. The molecule has 2 heterocycles. The zero-order chi connectivity index (χ0) is 15.7. The molecule has 22 heavy (non-hydrogen) atoms. The van der Waals surface area contributed by atoms with E-state index in [1.165, 1.54) is 0 Å². The van der Waals surface area contributed by atoms with E-state index in [0.717, 1.165) is 4.68 Å². The fourth-order valence-corrected chi connectivity index (χ4v) is 4.12.